The van der Waals surface area contributed by atoms with Gasteiger partial charge >= 0.3 is 5.97 Å². The second-order valence-corrected chi connectivity index (χ2v) is 4.36. The van der Waals surface area contributed by atoms with Gasteiger partial charge < -0.3 is 9.84 Å². The molecule has 2 rings (SSSR count). The first-order valence-corrected chi connectivity index (χ1v) is 5.95. The maximum absolute atomic E-state index is 13.8. The zero-order chi connectivity index (χ0) is 14.7. The Morgan fingerprint density at radius 2 is 2.00 bits per heavy atom. The summed E-state index contributed by atoms with van der Waals surface area (Å²) in [6.07, 6.45) is 0. The van der Waals surface area contributed by atoms with Crippen molar-refractivity contribution < 1.29 is 23.4 Å². The minimum atomic E-state index is -1.36. The van der Waals surface area contributed by atoms with E-state index in [1.807, 2.05) is 0 Å². The Morgan fingerprint density at radius 1 is 1.25 bits per heavy atom. The van der Waals surface area contributed by atoms with Gasteiger partial charge in [0.1, 0.15) is 24.0 Å². The van der Waals surface area contributed by atoms with Crippen LogP contribution in [-0.2, 0) is 6.61 Å². The minimum absolute atomic E-state index is 0.0450. The molecule has 2 aromatic carbocycles. The summed E-state index contributed by atoms with van der Waals surface area (Å²) in [6.45, 7) is -0.214. The molecule has 2 aromatic rings. The highest BCUT2D eigenvalue weighted by Crippen LogP contribution is 2.22. The van der Waals surface area contributed by atoms with E-state index in [0.717, 1.165) is 12.1 Å². The van der Waals surface area contributed by atoms with Crippen molar-refractivity contribution in [1.82, 2.24) is 0 Å². The van der Waals surface area contributed by atoms with Gasteiger partial charge in [0, 0.05) is 11.6 Å². The normalized spacial score (nSPS) is 10.3. The number of carbonyl (C=O) groups is 1. The van der Waals surface area contributed by atoms with Crippen molar-refractivity contribution in [3.63, 3.8) is 0 Å². The fourth-order valence-electron chi connectivity index (χ4n) is 1.58. The predicted octanol–water partition coefficient (Wildman–Crippen LogP) is 3.90. The quantitative estimate of drug-likeness (QED) is 0.931. The van der Waals surface area contributed by atoms with Gasteiger partial charge in [-0.25, -0.2) is 13.6 Å². The lowest BCUT2D eigenvalue weighted by molar-refractivity contribution is 0.0691. The molecule has 0 aliphatic heterocycles. The first-order chi connectivity index (χ1) is 9.49. The van der Waals surface area contributed by atoms with Gasteiger partial charge in [0.25, 0.3) is 0 Å². The van der Waals surface area contributed by atoms with Crippen molar-refractivity contribution in [3.8, 4) is 5.75 Å². The number of aromatic carboxylic acids is 1. The van der Waals surface area contributed by atoms with Crippen molar-refractivity contribution in [1.29, 1.82) is 0 Å². The molecule has 0 unspecified atom stereocenters. The van der Waals surface area contributed by atoms with Gasteiger partial charge in [0.2, 0.25) is 0 Å². The van der Waals surface area contributed by atoms with E-state index in [-0.39, 0.29) is 22.9 Å². The molecule has 0 bridgehead atoms. The zero-order valence-corrected chi connectivity index (χ0v) is 10.8. The van der Waals surface area contributed by atoms with Crippen LogP contribution >= 0.6 is 11.6 Å². The molecule has 104 valence electrons. The summed E-state index contributed by atoms with van der Waals surface area (Å²) in [5.41, 5.74) is -0.367. The molecule has 0 fully saturated rings. The Balaban J connectivity index is 2.17. The van der Waals surface area contributed by atoms with E-state index in [1.54, 1.807) is 0 Å². The van der Waals surface area contributed by atoms with Crippen LogP contribution in [-0.4, -0.2) is 11.1 Å². The highest BCUT2D eigenvalue weighted by molar-refractivity contribution is 6.30. The zero-order valence-electron chi connectivity index (χ0n) is 10.1. The van der Waals surface area contributed by atoms with Crippen LogP contribution in [0.25, 0.3) is 0 Å². The summed E-state index contributed by atoms with van der Waals surface area (Å²) >= 11 is 5.52. The van der Waals surface area contributed by atoms with E-state index < -0.39 is 23.2 Å². The van der Waals surface area contributed by atoms with Gasteiger partial charge in [-0.15, -0.1) is 0 Å². The molecule has 0 heterocycles. The van der Waals surface area contributed by atoms with E-state index in [2.05, 4.69) is 0 Å². The lowest BCUT2D eigenvalue weighted by Crippen LogP contribution is -2.06. The molecule has 20 heavy (non-hydrogen) atoms. The molecule has 0 atom stereocenters. The van der Waals surface area contributed by atoms with Crippen LogP contribution in [0.5, 0.6) is 5.75 Å². The Hall–Kier alpha value is -2.14. The molecule has 0 radical (unpaired) electrons. The van der Waals surface area contributed by atoms with Crippen molar-refractivity contribution in [2.24, 2.45) is 0 Å². The highest BCUT2D eigenvalue weighted by Gasteiger charge is 2.14. The molecule has 6 heteroatoms. The molecule has 0 spiro atoms. The fraction of sp³-hybridized carbons (Fsp3) is 0.0714. The van der Waals surface area contributed by atoms with Crippen molar-refractivity contribution >= 4 is 17.6 Å². The monoisotopic (exact) mass is 298 g/mol. The lowest BCUT2D eigenvalue weighted by atomic mass is 10.1. The number of rotatable bonds is 4. The summed E-state index contributed by atoms with van der Waals surface area (Å²) in [6, 6.07) is 7.78. The maximum Gasteiger partial charge on any atom is 0.338 e. The number of ether oxygens (including phenoxy) is 1. The second-order valence-electron chi connectivity index (χ2n) is 3.95. The average Bonchev–Trinajstić information content (AvgIpc) is 2.41. The van der Waals surface area contributed by atoms with Crippen LogP contribution in [0.15, 0.2) is 36.4 Å². The highest BCUT2D eigenvalue weighted by atomic mass is 35.5. The number of halogens is 3. The van der Waals surface area contributed by atoms with Crippen LogP contribution in [0.2, 0.25) is 5.02 Å². The van der Waals surface area contributed by atoms with Gasteiger partial charge in [-0.1, -0.05) is 23.7 Å². The topological polar surface area (TPSA) is 46.5 Å². The van der Waals surface area contributed by atoms with E-state index in [1.165, 1.54) is 24.3 Å². The van der Waals surface area contributed by atoms with Gasteiger partial charge in [0.05, 0.1) is 10.6 Å². The number of carboxylic acid groups (broad SMARTS) is 1. The molecule has 0 aromatic heterocycles. The first-order valence-electron chi connectivity index (χ1n) is 5.57. The Kier molecular flexibility index (Phi) is 4.20. The van der Waals surface area contributed by atoms with Crippen LogP contribution in [0.1, 0.15) is 15.9 Å². The summed E-state index contributed by atoms with van der Waals surface area (Å²) in [5.74, 6) is -2.70. The molecular formula is C14H9ClF2O3. The summed E-state index contributed by atoms with van der Waals surface area (Å²) in [5, 5.41) is 8.75. The molecule has 1 N–H and O–H groups in total. The van der Waals surface area contributed by atoms with Crippen LogP contribution < -0.4 is 4.74 Å². The van der Waals surface area contributed by atoms with Crippen LogP contribution in [0.3, 0.4) is 0 Å². The van der Waals surface area contributed by atoms with Crippen LogP contribution in [0.4, 0.5) is 8.78 Å². The number of hydrogen-bond donors (Lipinski definition) is 1. The standard InChI is InChI=1S/C14H9ClF2O3/c15-11-5-4-9(6-12(11)16)20-7-8-2-1-3-10(13(8)17)14(18)19/h1-6H,7H2,(H,18,19). The fourth-order valence-corrected chi connectivity index (χ4v) is 1.70. The predicted molar refractivity (Wildman–Crippen MR) is 69.1 cm³/mol. The van der Waals surface area contributed by atoms with Gasteiger partial charge in [-0.3, -0.25) is 0 Å². The number of carboxylic acids is 1. The second kappa shape index (κ2) is 5.88. The van der Waals surface area contributed by atoms with E-state index in [4.69, 9.17) is 21.4 Å². The molecule has 0 aliphatic rings. The third kappa shape index (κ3) is 3.05. The smallest absolute Gasteiger partial charge is 0.338 e. The van der Waals surface area contributed by atoms with E-state index in [9.17, 15) is 13.6 Å². The average molecular weight is 299 g/mol. The Labute approximate surface area is 118 Å². The first kappa shape index (κ1) is 14.3. The van der Waals surface area contributed by atoms with Crippen molar-refractivity contribution in [3.05, 3.63) is 64.2 Å². The summed E-state index contributed by atoms with van der Waals surface area (Å²) < 4.78 is 32.2. The Morgan fingerprint density at radius 3 is 2.65 bits per heavy atom. The molecular weight excluding hydrogens is 290 g/mol. The molecule has 0 saturated carbocycles. The molecule has 0 aliphatic carbocycles. The Bertz CT molecular complexity index is 659. The molecule has 3 nitrogen and oxygen atoms in total. The summed E-state index contributed by atoms with van der Waals surface area (Å²) in [4.78, 5) is 10.8. The lowest BCUT2D eigenvalue weighted by Gasteiger charge is -2.09. The molecule has 0 amide bonds. The van der Waals surface area contributed by atoms with Gasteiger partial charge in [0.15, 0.2) is 0 Å². The minimum Gasteiger partial charge on any atom is -0.489 e. The maximum atomic E-state index is 13.8. The largest absolute Gasteiger partial charge is 0.489 e. The number of benzene rings is 2. The van der Waals surface area contributed by atoms with Crippen LogP contribution in [0, 0.1) is 11.6 Å². The van der Waals surface area contributed by atoms with Gasteiger partial charge in [-0.05, 0) is 18.2 Å². The van der Waals surface area contributed by atoms with E-state index >= 15 is 0 Å². The third-order valence-corrected chi connectivity index (χ3v) is 2.90. The third-order valence-electron chi connectivity index (χ3n) is 2.59. The number of hydrogen-bond acceptors (Lipinski definition) is 2. The van der Waals surface area contributed by atoms with Gasteiger partial charge in [-0.2, -0.15) is 0 Å². The van der Waals surface area contributed by atoms with E-state index in [0.29, 0.717) is 0 Å². The van der Waals surface area contributed by atoms with Crippen molar-refractivity contribution in [2.75, 3.05) is 0 Å². The SMILES string of the molecule is O=C(O)c1cccc(COc2ccc(Cl)c(F)c2)c1F. The van der Waals surface area contributed by atoms with Crippen molar-refractivity contribution in [2.45, 2.75) is 6.61 Å². The molecule has 0 saturated heterocycles. The summed E-state index contributed by atoms with van der Waals surface area (Å²) in [7, 11) is 0.